The van der Waals surface area contributed by atoms with Crippen molar-refractivity contribution in [2.75, 3.05) is 35.3 Å². The van der Waals surface area contributed by atoms with Gasteiger partial charge in [0.05, 0.1) is 28.7 Å². The Bertz CT molecular complexity index is 1260. The van der Waals surface area contributed by atoms with Gasteiger partial charge in [0.1, 0.15) is 23.3 Å². The van der Waals surface area contributed by atoms with Crippen LogP contribution in [0.5, 0.6) is 0 Å². The van der Waals surface area contributed by atoms with Crippen molar-refractivity contribution in [3.63, 3.8) is 0 Å². The Morgan fingerprint density at radius 1 is 1.15 bits per heavy atom. The highest BCUT2D eigenvalue weighted by molar-refractivity contribution is 7.91. The molecule has 0 bridgehead atoms. The number of rotatable bonds is 5. The molecule has 0 amide bonds. The number of aromatic nitrogens is 2. The number of benzene rings is 1. The molecule has 33 heavy (non-hydrogen) atoms. The number of anilines is 2. The molecular formula is C23H25F3N4O2S. The maximum atomic E-state index is 14.7. The summed E-state index contributed by atoms with van der Waals surface area (Å²) in [6.45, 7) is 3.99. The Morgan fingerprint density at radius 3 is 2.55 bits per heavy atom. The zero-order valence-electron chi connectivity index (χ0n) is 18.6. The monoisotopic (exact) mass is 478 g/mol. The maximum absolute atomic E-state index is 14.7. The Kier molecular flexibility index (Phi) is 6.22. The SMILES string of the molecule is Cc1nc(N[C@H](C)c2cccc(C(F)F)c2F)c2c(n1)N(C)CC(C1=CCS(=O)(=O)CC1)=C2. The van der Waals surface area contributed by atoms with Crippen molar-refractivity contribution < 1.29 is 21.6 Å². The number of alkyl halides is 2. The quantitative estimate of drug-likeness (QED) is 0.676. The van der Waals surface area contributed by atoms with Gasteiger partial charge in [-0.2, -0.15) is 0 Å². The summed E-state index contributed by atoms with van der Waals surface area (Å²) in [5.41, 5.74) is 2.11. The fraction of sp³-hybridized carbons (Fsp3) is 0.391. The van der Waals surface area contributed by atoms with E-state index in [-0.39, 0.29) is 17.1 Å². The van der Waals surface area contributed by atoms with Crippen LogP contribution >= 0.6 is 0 Å². The number of likely N-dealkylation sites (N-methyl/N-ethyl adjacent to an activating group) is 1. The van der Waals surface area contributed by atoms with Gasteiger partial charge in [-0.25, -0.2) is 31.6 Å². The Balaban J connectivity index is 1.72. The number of nitrogens with zero attached hydrogens (tertiary/aromatic N) is 3. The van der Waals surface area contributed by atoms with Crippen LogP contribution in [0.1, 0.15) is 48.3 Å². The molecule has 6 nitrogen and oxygen atoms in total. The smallest absolute Gasteiger partial charge is 0.266 e. The fourth-order valence-corrected chi connectivity index (χ4v) is 5.32. The summed E-state index contributed by atoms with van der Waals surface area (Å²) >= 11 is 0. The standard InChI is InChI=1S/C23H25F3N4O2S/c1-13(17-5-4-6-18(20(17)24)21(25)26)27-22-19-11-16(15-7-9-33(31,32)10-8-15)12-30(3)23(19)29-14(2)28-22/h4-7,11,13,21H,8-10,12H2,1-3H3,(H,27,28,29)/t13-/m1/s1. The molecule has 176 valence electrons. The molecule has 2 aromatic rings. The zero-order valence-corrected chi connectivity index (χ0v) is 19.4. The molecule has 0 unspecified atom stereocenters. The summed E-state index contributed by atoms with van der Waals surface area (Å²) in [5.74, 6) is 0.847. The molecule has 0 radical (unpaired) electrons. The third kappa shape index (κ3) is 4.75. The number of halogens is 3. The van der Waals surface area contributed by atoms with Gasteiger partial charge in [0.25, 0.3) is 6.43 Å². The summed E-state index contributed by atoms with van der Waals surface area (Å²) in [5, 5.41) is 3.17. The van der Waals surface area contributed by atoms with E-state index < -0.39 is 33.7 Å². The lowest BCUT2D eigenvalue weighted by molar-refractivity contribution is 0.146. The molecule has 4 rings (SSSR count). The third-order valence-corrected chi connectivity index (χ3v) is 7.42. The van der Waals surface area contributed by atoms with E-state index in [0.29, 0.717) is 36.0 Å². The van der Waals surface area contributed by atoms with E-state index in [0.717, 1.165) is 17.2 Å². The van der Waals surface area contributed by atoms with Crippen molar-refractivity contribution in [1.29, 1.82) is 0 Å². The van der Waals surface area contributed by atoms with E-state index in [4.69, 9.17) is 0 Å². The first kappa shape index (κ1) is 23.3. The second-order valence-electron chi connectivity index (χ2n) is 8.39. The molecule has 0 saturated heterocycles. The lowest BCUT2D eigenvalue weighted by Gasteiger charge is -2.30. The number of sulfone groups is 1. The van der Waals surface area contributed by atoms with Gasteiger partial charge in [0.15, 0.2) is 9.84 Å². The van der Waals surface area contributed by atoms with Gasteiger partial charge in [0, 0.05) is 19.2 Å². The van der Waals surface area contributed by atoms with Crippen LogP contribution < -0.4 is 10.2 Å². The van der Waals surface area contributed by atoms with E-state index in [1.165, 1.54) is 12.1 Å². The van der Waals surface area contributed by atoms with Gasteiger partial charge in [-0.15, -0.1) is 0 Å². The molecule has 0 aliphatic carbocycles. The van der Waals surface area contributed by atoms with Crippen LogP contribution in [-0.2, 0) is 9.84 Å². The Morgan fingerprint density at radius 2 is 1.88 bits per heavy atom. The molecule has 1 N–H and O–H groups in total. The highest BCUT2D eigenvalue weighted by Crippen LogP contribution is 2.36. The van der Waals surface area contributed by atoms with Crippen molar-refractivity contribution in [2.45, 2.75) is 32.7 Å². The lowest BCUT2D eigenvalue weighted by Crippen LogP contribution is -2.28. The van der Waals surface area contributed by atoms with Crippen molar-refractivity contribution in [3.8, 4) is 0 Å². The zero-order chi connectivity index (χ0) is 23.9. The van der Waals surface area contributed by atoms with E-state index in [9.17, 15) is 21.6 Å². The third-order valence-electron chi connectivity index (χ3n) is 5.92. The maximum Gasteiger partial charge on any atom is 0.266 e. The van der Waals surface area contributed by atoms with E-state index in [1.54, 1.807) is 19.9 Å². The lowest BCUT2D eigenvalue weighted by atomic mass is 9.97. The largest absolute Gasteiger partial charge is 0.363 e. The predicted molar refractivity (Wildman–Crippen MR) is 123 cm³/mol. The minimum absolute atomic E-state index is 0.0164. The first-order chi connectivity index (χ1) is 15.6. The van der Waals surface area contributed by atoms with Crippen LogP contribution in [0.4, 0.5) is 24.8 Å². The predicted octanol–water partition coefficient (Wildman–Crippen LogP) is 4.61. The Labute approximate surface area is 191 Å². The number of hydrogen-bond donors (Lipinski definition) is 1. The minimum Gasteiger partial charge on any atom is -0.363 e. The second kappa shape index (κ2) is 8.81. The summed E-state index contributed by atoms with van der Waals surface area (Å²) in [7, 11) is -1.16. The van der Waals surface area contributed by atoms with Crippen LogP contribution in [-0.4, -0.2) is 43.5 Å². The molecule has 10 heteroatoms. The van der Waals surface area contributed by atoms with Crippen molar-refractivity contribution in [3.05, 3.63) is 63.8 Å². The number of fused-ring (bicyclic) bond motifs is 1. The number of nitrogens with one attached hydrogen (secondary N) is 1. The molecule has 0 fully saturated rings. The van der Waals surface area contributed by atoms with Crippen LogP contribution in [0.3, 0.4) is 0 Å². The van der Waals surface area contributed by atoms with Gasteiger partial charge in [0.2, 0.25) is 0 Å². The first-order valence-electron chi connectivity index (χ1n) is 10.6. The van der Waals surface area contributed by atoms with Crippen molar-refractivity contribution >= 4 is 27.5 Å². The van der Waals surface area contributed by atoms with Gasteiger partial charge in [-0.1, -0.05) is 24.3 Å². The van der Waals surface area contributed by atoms with Crippen LogP contribution in [0.15, 0.2) is 35.4 Å². The molecular weight excluding hydrogens is 453 g/mol. The summed E-state index contributed by atoms with van der Waals surface area (Å²) in [6, 6.07) is 3.33. The van der Waals surface area contributed by atoms with E-state index in [2.05, 4.69) is 15.3 Å². The van der Waals surface area contributed by atoms with Gasteiger partial charge < -0.3 is 10.2 Å². The average molecular weight is 479 g/mol. The van der Waals surface area contributed by atoms with E-state index in [1.807, 2.05) is 18.0 Å². The summed E-state index contributed by atoms with van der Waals surface area (Å²) < 4.78 is 64.6. The molecule has 2 aliphatic heterocycles. The van der Waals surface area contributed by atoms with E-state index >= 15 is 0 Å². The van der Waals surface area contributed by atoms with Gasteiger partial charge in [-0.3, -0.25) is 0 Å². The average Bonchev–Trinajstić information content (AvgIpc) is 2.74. The van der Waals surface area contributed by atoms with Crippen LogP contribution in [0.2, 0.25) is 0 Å². The van der Waals surface area contributed by atoms with Crippen LogP contribution in [0.25, 0.3) is 6.08 Å². The highest BCUT2D eigenvalue weighted by Gasteiger charge is 2.27. The highest BCUT2D eigenvalue weighted by atomic mass is 32.2. The topological polar surface area (TPSA) is 75.2 Å². The van der Waals surface area contributed by atoms with Crippen molar-refractivity contribution in [2.24, 2.45) is 0 Å². The summed E-state index contributed by atoms with van der Waals surface area (Å²) in [6.07, 6.45) is 1.21. The normalized spacial score (nSPS) is 18.5. The molecule has 2 aliphatic rings. The van der Waals surface area contributed by atoms with Crippen LogP contribution in [0, 0.1) is 12.7 Å². The van der Waals surface area contributed by atoms with Gasteiger partial charge >= 0.3 is 0 Å². The molecule has 1 atom stereocenters. The Hall–Kier alpha value is -2.88. The van der Waals surface area contributed by atoms with Crippen molar-refractivity contribution in [1.82, 2.24) is 9.97 Å². The molecule has 3 heterocycles. The number of aryl methyl sites for hydroxylation is 1. The molecule has 0 spiro atoms. The summed E-state index contributed by atoms with van der Waals surface area (Å²) in [4.78, 5) is 11.0. The fourth-order valence-electron chi connectivity index (χ4n) is 4.17. The van der Waals surface area contributed by atoms with Gasteiger partial charge in [-0.05, 0) is 37.5 Å². The minimum atomic E-state index is -3.05. The molecule has 1 aromatic carbocycles. The second-order valence-corrected chi connectivity index (χ2v) is 10.6. The molecule has 0 saturated carbocycles. The molecule has 1 aromatic heterocycles. The first-order valence-corrected chi connectivity index (χ1v) is 12.4. The number of hydrogen-bond acceptors (Lipinski definition) is 6.